The van der Waals surface area contributed by atoms with Crippen LogP contribution in [0, 0.1) is 28.6 Å². The molecule has 1 heterocycles. The van der Waals surface area contributed by atoms with Gasteiger partial charge in [0, 0.05) is 30.7 Å². The molecule has 156 valence electrons. The lowest BCUT2D eigenvalue weighted by molar-refractivity contribution is -0.148. The number of aromatic nitrogens is 2. The summed E-state index contributed by atoms with van der Waals surface area (Å²) in [6.07, 6.45) is 17.1. The molecule has 4 aliphatic carbocycles. The quantitative estimate of drug-likeness (QED) is 0.403. The molecule has 0 aliphatic heterocycles. The average molecular weight is 459 g/mol. The molecule has 0 bridgehead atoms. The van der Waals surface area contributed by atoms with Crippen LogP contribution in [-0.2, 0) is 9.53 Å². The fourth-order valence-corrected chi connectivity index (χ4v) is 7.65. The van der Waals surface area contributed by atoms with Gasteiger partial charge in [-0.05, 0) is 77.6 Å². The zero-order chi connectivity index (χ0) is 20.4. The van der Waals surface area contributed by atoms with Crippen LogP contribution in [0.2, 0.25) is 0 Å². The lowest BCUT2D eigenvalue weighted by Crippen LogP contribution is -2.50. The van der Waals surface area contributed by atoms with Gasteiger partial charge in [-0.15, -0.1) is 0 Å². The van der Waals surface area contributed by atoms with Crippen LogP contribution in [0.5, 0.6) is 0 Å². The highest BCUT2D eigenvalue weighted by atomic mass is 79.9. The molecule has 0 amide bonds. The molecule has 6 atom stereocenters. The monoisotopic (exact) mass is 458 g/mol. The molecule has 0 N–H and O–H groups in total. The van der Waals surface area contributed by atoms with Crippen LogP contribution < -0.4 is 0 Å². The number of imidazole rings is 1. The number of esters is 1. The largest absolute Gasteiger partial charge is 0.462 e. The summed E-state index contributed by atoms with van der Waals surface area (Å²) in [5, 5.41) is 0. The number of allylic oxidation sites excluding steroid dienone is 3. The predicted octanol–water partition coefficient (Wildman–Crippen LogP) is 5.99. The molecule has 1 aromatic heterocycles. The van der Waals surface area contributed by atoms with Crippen LogP contribution in [0.25, 0.3) is 5.70 Å². The predicted molar refractivity (Wildman–Crippen MR) is 117 cm³/mol. The smallest absolute Gasteiger partial charge is 0.302 e. The summed E-state index contributed by atoms with van der Waals surface area (Å²) in [6, 6.07) is 0. The maximum atomic E-state index is 11.4. The zero-order valence-electron chi connectivity index (χ0n) is 17.7. The summed E-state index contributed by atoms with van der Waals surface area (Å²) in [5.41, 5.74) is 3.52. The van der Waals surface area contributed by atoms with Gasteiger partial charge in [-0.1, -0.05) is 31.6 Å². The molecule has 0 aromatic carbocycles. The van der Waals surface area contributed by atoms with Crippen LogP contribution in [0.4, 0.5) is 0 Å². The molecular formula is C24H31BrN2O2. The van der Waals surface area contributed by atoms with Crippen LogP contribution in [0.15, 0.2) is 34.9 Å². The van der Waals surface area contributed by atoms with Crippen molar-refractivity contribution in [1.82, 2.24) is 9.55 Å². The Hall–Kier alpha value is -1.36. The highest BCUT2D eigenvalue weighted by molar-refractivity contribution is 9.10. The third-order valence-electron chi connectivity index (χ3n) is 8.76. The van der Waals surface area contributed by atoms with E-state index in [9.17, 15) is 4.79 Å². The van der Waals surface area contributed by atoms with Gasteiger partial charge in [0.2, 0.25) is 0 Å². The van der Waals surface area contributed by atoms with Crippen molar-refractivity contribution >= 4 is 27.6 Å². The van der Waals surface area contributed by atoms with Crippen molar-refractivity contribution in [2.75, 3.05) is 0 Å². The van der Waals surface area contributed by atoms with E-state index in [1.807, 2.05) is 6.33 Å². The van der Waals surface area contributed by atoms with E-state index in [1.165, 1.54) is 38.3 Å². The standard InChI is InChI=1S/C24H31BrN2O2/c1-15(28)29-17-8-10-23(2)16(12-17)4-5-18-19-6-7-21(27-13-22(25)26-14-27)24(19,3)11-9-20(18)23/h4,7,13-14,17-20H,5-6,8-12H2,1-3H3/t17-,18?,19?,20?,23-,24-/m0/s1. The van der Waals surface area contributed by atoms with Crippen molar-refractivity contribution in [3.05, 3.63) is 34.9 Å². The first-order valence-electron chi connectivity index (χ1n) is 11.1. The fraction of sp³-hybridized carbons (Fsp3) is 0.667. The summed E-state index contributed by atoms with van der Waals surface area (Å²) in [5.74, 6) is 2.06. The molecule has 2 fully saturated rings. The van der Waals surface area contributed by atoms with Gasteiger partial charge in [-0.2, -0.15) is 0 Å². The number of ether oxygens (including phenoxy) is 1. The van der Waals surface area contributed by atoms with Crippen LogP contribution in [0.1, 0.15) is 65.7 Å². The van der Waals surface area contributed by atoms with Crippen LogP contribution in [0.3, 0.4) is 0 Å². The fourth-order valence-electron chi connectivity index (χ4n) is 7.34. The summed E-state index contributed by atoms with van der Waals surface area (Å²) >= 11 is 3.51. The third kappa shape index (κ3) is 2.98. The second-order valence-corrected chi connectivity index (χ2v) is 10.9. The highest BCUT2D eigenvalue weighted by Gasteiger charge is 2.57. The van der Waals surface area contributed by atoms with E-state index < -0.39 is 0 Å². The molecule has 4 aliphatic rings. The van der Waals surface area contributed by atoms with Gasteiger partial charge in [0.05, 0.1) is 0 Å². The Balaban J connectivity index is 1.41. The highest BCUT2D eigenvalue weighted by Crippen LogP contribution is 2.65. The van der Waals surface area contributed by atoms with E-state index in [0.717, 1.165) is 35.7 Å². The van der Waals surface area contributed by atoms with Gasteiger partial charge in [0.15, 0.2) is 0 Å². The van der Waals surface area contributed by atoms with Crippen LogP contribution in [-0.4, -0.2) is 21.6 Å². The van der Waals surface area contributed by atoms with Crippen molar-refractivity contribution in [2.24, 2.45) is 28.6 Å². The number of carbonyl (C=O) groups excluding carboxylic acids is 1. The zero-order valence-corrected chi connectivity index (χ0v) is 19.2. The minimum Gasteiger partial charge on any atom is -0.462 e. The van der Waals surface area contributed by atoms with Crippen molar-refractivity contribution in [3.63, 3.8) is 0 Å². The van der Waals surface area contributed by atoms with Gasteiger partial charge in [-0.25, -0.2) is 4.98 Å². The van der Waals surface area contributed by atoms with Gasteiger partial charge in [0.25, 0.3) is 0 Å². The Morgan fingerprint density at radius 3 is 2.69 bits per heavy atom. The van der Waals surface area contributed by atoms with E-state index in [1.54, 1.807) is 5.57 Å². The van der Waals surface area contributed by atoms with E-state index in [0.29, 0.717) is 5.92 Å². The second-order valence-electron chi connectivity index (χ2n) is 10.1. The maximum absolute atomic E-state index is 11.4. The van der Waals surface area contributed by atoms with E-state index >= 15 is 0 Å². The Labute approximate surface area is 181 Å². The summed E-state index contributed by atoms with van der Waals surface area (Å²) < 4.78 is 8.71. The summed E-state index contributed by atoms with van der Waals surface area (Å²) in [4.78, 5) is 15.8. The summed E-state index contributed by atoms with van der Waals surface area (Å²) in [7, 11) is 0. The van der Waals surface area contributed by atoms with Gasteiger partial charge in [-0.3, -0.25) is 4.79 Å². The third-order valence-corrected chi connectivity index (χ3v) is 9.17. The first kappa shape index (κ1) is 19.6. The van der Waals surface area contributed by atoms with E-state index in [4.69, 9.17) is 4.74 Å². The minimum atomic E-state index is -0.142. The molecular weight excluding hydrogens is 428 g/mol. The molecule has 29 heavy (non-hydrogen) atoms. The number of fused-ring (bicyclic) bond motifs is 5. The molecule has 3 unspecified atom stereocenters. The Bertz CT molecular complexity index is 902. The second kappa shape index (κ2) is 6.83. The molecule has 0 spiro atoms. The molecule has 0 radical (unpaired) electrons. The van der Waals surface area contributed by atoms with Crippen molar-refractivity contribution in [3.8, 4) is 0 Å². The minimum absolute atomic E-state index is 0.0802. The van der Waals surface area contributed by atoms with E-state index in [2.05, 4.69) is 57.7 Å². The van der Waals surface area contributed by atoms with Gasteiger partial charge >= 0.3 is 5.97 Å². The Kier molecular flexibility index (Phi) is 4.61. The lowest BCUT2D eigenvalue weighted by Gasteiger charge is -2.57. The molecule has 0 saturated heterocycles. The van der Waals surface area contributed by atoms with Gasteiger partial charge < -0.3 is 9.30 Å². The normalized spacial score (nSPS) is 41.0. The number of nitrogens with zero attached hydrogens (tertiary/aromatic N) is 2. The van der Waals surface area contributed by atoms with Gasteiger partial charge in [0.1, 0.15) is 17.0 Å². The molecule has 4 nitrogen and oxygen atoms in total. The average Bonchev–Trinajstić information content (AvgIpc) is 3.24. The first-order chi connectivity index (χ1) is 13.8. The molecule has 5 rings (SSSR count). The molecule has 5 heteroatoms. The maximum Gasteiger partial charge on any atom is 0.302 e. The number of halogens is 1. The number of hydrogen-bond acceptors (Lipinski definition) is 3. The van der Waals surface area contributed by atoms with Crippen molar-refractivity contribution in [2.45, 2.75) is 71.8 Å². The Morgan fingerprint density at radius 1 is 1.17 bits per heavy atom. The first-order valence-corrected chi connectivity index (χ1v) is 11.9. The van der Waals surface area contributed by atoms with Crippen molar-refractivity contribution in [1.29, 1.82) is 0 Å². The SMILES string of the molecule is CC(=O)O[C@H]1CC[C@@]2(C)C(=CCC3C2CC[C@]2(C)C(n4cnc(Br)c4)=CCC32)C1. The number of rotatable bonds is 2. The molecule has 2 saturated carbocycles. The lowest BCUT2D eigenvalue weighted by atomic mass is 9.48. The summed E-state index contributed by atoms with van der Waals surface area (Å²) in [6.45, 7) is 6.52. The van der Waals surface area contributed by atoms with Crippen molar-refractivity contribution < 1.29 is 9.53 Å². The molecule has 1 aromatic rings. The topological polar surface area (TPSA) is 44.1 Å². The number of hydrogen-bond donors (Lipinski definition) is 0. The number of carbonyl (C=O) groups is 1. The van der Waals surface area contributed by atoms with E-state index in [-0.39, 0.29) is 22.9 Å². The Morgan fingerprint density at radius 2 is 1.97 bits per heavy atom. The van der Waals surface area contributed by atoms with Crippen LogP contribution >= 0.6 is 15.9 Å².